The molecule has 0 unspecified atom stereocenters. The Balaban J connectivity index is 1.36. The number of ketones is 1. The largest absolute Gasteiger partial charge is 0.453 e. The van der Waals surface area contributed by atoms with Gasteiger partial charge < -0.3 is 4.74 Å². The zero-order valence-electron chi connectivity index (χ0n) is 17.8. The standard InChI is InChI=1S/C24H23FN4O2S/c1-2-9-29-14-20(27-28-29)23-13-19-24(32-23)22(7-8-26-19)31-21-6-5-16(12-18(21)25)11-17(30)10-15-3-4-15/h5-8,12-15H,2-4,9-11H2,1H3. The summed E-state index contributed by atoms with van der Waals surface area (Å²) in [6.07, 6.45) is 7.67. The second-order valence-electron chi connectivity index (χ2n) is 8.23. The number of aromatic nitrogens is 4. The molecule has 5 rings (SSSR count). The third-order valence-corrected chi connectivity index (χ3v) is 6.61. The maximum atomic E-state index is 14.7. The topological polar surface area (TPSA) is 69.9 Å². The molecule has 0 N–H and O–H groups in total. The molecule has 1 saturated carbocycles. The lowest BCUT2D eigenvalue weighted by atomic mass is 10.0. The van der Waals surface area contributed by atoms with Crippen LogP contribution in [0, 0.1) is 11.7 Å². The number of ether oxygens (including phenoxy) is 1. The van der Waals surface area contributed by atoms with Crippen molar-refractivity contribution in [3.05, 3.63) is 54.1 Å². The summed E-state index contributed by atoms with van der Waals surface area (Å²) in [7, 11) is 0. The van der Waals surface area contributed by atoms with E-state index in [-0.39, 0.29) is 18.0 Å². The Morgan fingerprint density at radius 1 is 1.25 bits per heavy atom. The SMILES string of the molecule is CCCn1cc(-c2cc3nccc(Oc4ccc(CC(=O)CC5CC5)cc4F)c3s2)nn1. The molecule has 0 atom stereocenters. The quantitative estimate of drug-likeness (QED) is 0.322. The number of rotatable bonds is 9. The molecule has 164 valence electrons. The van der Waals surface area contributed by atoms with Crippen LogP contribution in [0.3, 0.4) is 0 Å². The molecule has 3 heterocycles. The van der Waals surface area contributed by atoms with Crippen molar-refractivity contribution >= 4 is 27.3 Å². The minimum absolute atomic E-state index is 0.125. The first-order valence-electron chi connectivity index (χ1n) is 10.9. The number of halogens is 1. The normalized spacial score (nSPS) is 13.6. The van der Waals surface area contributed by atoms with Crippen LogP contribution in [-0.4, -0.2) is 25.8 Å². The van der Waals surface area contributed by atoms with E-state index in [2.05, 4.69) is 22.2 Å². The van der Waals surface area contributed by atoms with Crippen LogP contribution in [0.1, 0.15) is 38.2 Å². The number of hydrogen-bond donors (Lipinski definition) is 0. The monoisotopic (exact) mass is 450 g/mol. The van der Waals surface area contributed by atoms with Gasteiger partial charge in [-0.1, -0.05) is 18.2 Å². The lowest BCUT2D eigenvalue weighted by molar-refractivity contribution is -0.118. The van der Waals surface area contributed by atoms with Crippen LogP contribution in [0.25, 0.3) is 20.8 Å². The number of benzene rings is 1. The Labute approximate surface area is 189 Å². The Morgan fingerprint density at radius 3 is 2.91 bits per heavy atom. The molecule has 0 aliphatic heterocycles. The predicted molar refractivity (Wildman–Crippen MR) is 121 cm³/mol. The highest BCUT2D eigenvalue weighted by Gasteiger charge is 2.24. The van der Waals surface area contributed by atoms with E-state index in [4.69, 9.17) is 4.74 Å². The first kappa shape index (κ1) is 20.8. The van der Waals surface area contributed by atoms with E-state index in [0.717, 1.165) is 46.6 Å². The number of nitrogens with zero attached hydrogens (tertiary/aromatic N) is 4. The van der Waals surface area contributed by atoms with Crippen molar-refractivity contribution < 1.29 is 13.9 Å². The van der Waals surface area contributed by atoms with E-state index in [0.29, 0.717) is 23.7 Å². The van der Waals surface area contributed by atoms with Crippen LogP contribution >= 0.6 is 11.3 Å². The lowest BCUT2D eigenvalue weighted by Crippen LogP contribution is -2.04. The molecule has 8 heteroatoms. The fraction of sp³-hybridized carbons (Fsp3) is 0.333. The summed E-state index contributed by atoms with van der Waals surface area (Å²) in [5.74, 6) is 0.878. The van der Waals surface area contributed by atoms with Gasteiger partial charge in [0, 0.05) is 31.6 Å². The first-order valence-corrected chi connectivity index (χ1v) is 11.7. The third kappa shape index (κ3) is 4.55. The van der Waals surface area contributed by atoms with Gasteiger partial charge in [0.2, 0.25) is 0 Å². The predicted octanol–water partition coefficient (Wildman–Crippen LogP) is 5.81. The smallest absolute Gasteiger partial charge is 0.166 e. The Kier molecular flexibility index (Phi) is 5.70. The first-order chi connectivity index (χ1) is 15.6. The van der Waals surface area contributed by atoms with E-state index in [9.17, 15) is 9.18 Å². The molecular weight excluding hydrogens is 427 g/mol. The van der Waals surface area contributed by atoms with Gasteiger partial charge >= 0.3 is 0 Å². The molecule has 6 nitrogen and oxygen atoms in total. The van der Waals surface area contributed by atoms with E-state index in [1.165, 1.54) is 17.4 Å². The van der Waals surface area contributed by atoms with Gasteiger partial charge in [0.25, 0.3) is 0 Å². The van der Waals surface area contributed by atoms with Gasteiger partial charge in [-0.15, -0.1) is 16.4 Å². The molecule has 1 aromatic carbocycles. The van der Waals surface area contributed by atoms with E-state index < -0.39 is 5.82 Å². The molecule has 0 amide bonds. The average Bonchev–Trinajstić information content (AvgIpc) is 3.27. The van der Waals surface area contributed by atoms with Crippen LogP contribution in [-0.2, 0) is 17.8 Å². The van der Waals surface area contributed by atoms with Crippen molar-refractivity contribution in [2.75, 3.05) is 0 Å². The highest BCUT2D eigenvalue weighted by atomic mass is 32.1. The second-order valence-corrected chi connectivity index (χ2v) is 9.28. The lowest BCUT2D eigenvalue weighted by Gasteiger charge is -2.09. The average molecular weight is 451 g/mol. The number of carbonyl (C=O) groups excluding carboxylic acids is 1. The number of hydrogen-bond acceptors (Lipinski definition) is 6. The Bertz CT molecular complexity index is 1280. The molecule has 1 aliphatic rings. The van der Waals surface area contributed by atoms with Crippen molar-refractivity contribution in [1.29, 1.82) is 0 Å². The van der Waals surface area contributed by atoms with Gasteiger partial charge in [-0.05, 0) is 48.9 Å². The van der Waals surface area contributed by atoms with Crippen LogP contribution < -0.4 is 4.74 Å². The summed E-state index contributed by atoms with van der Waals surface area (Å²) in [6.45, 7) is 2.90. The van der Waals surface area contributed by atoms with Gasteiger partial charge in [0.05, 0.1) is 21.3 Å². The number of fused-ring (bicyclic) bond motifs is 1. The molecular formula is C24H23FN4O2S. The van der Waals surface area contributed by atoms with Gasteiger partial charge in [-0.2, -0.15) is 0 Å². The third-order valence-electron chi connectivity index (χ3n) is 5.45. The van der Waals surface area contributed by atoms with Crippen molar-refractivity contribution in [3.8, 4) is 22.1 Å². The molecule has 1 fully saturated rings. The number of carbonyl (C=O) groups is 1. The van der Waals surface area contributed by atoms with E-state index in [1.54, 1.807) is 24.4 Å². The molecule has 1 aliphatic carbocycles. The Morgan fingerprint density at radius 2 is 2.12 bits per heavy atom. The maximum Gasteiger partial charge on any atom is 0.166 e. The number of Topliss-reactive ketones (excluding diaryl/α,β-unsaturated/α-hetero) is 1. The van der Waals surface area contributed by atoms with Crippen molar-refractivity contribution in [2.24, 2.45) is 5.92 Å². The highest BCUT2D eigenvalue weighted by Crippen LogP contribution is 2.39. The molecule has 0 radical (unpaired) electrons. The number of pyridine rings is 1. The number of thiophene rings is 1. The molecule has 0 saturated heterocycles. The molecule has 32 heavy (non-hydrogen) atoms. The highest BCUT2D eigenvalue weighted by molar-refractivity contribution is 7.22. The zero-order valence-corrected chi connectivity index (χ0v) is 18.6. The fourth-order valence-electron chi connectivity index (χ4n) is 3.67. The van der Waals surface area contributed by atoms with Gasteiger partial charge in [0.1, 0.15) is 17.2 Å². The van der Waals surface area contributed by atoms with Crippen LogP contribution in [0.5, 0.6) is 11.5 Å². The van der Waals surface area contributed by atoms with Crippen LogP contribution in [0.4, 0.5) is 4.39 Å². The van der Waals surface area contributed by atoms with Gasteiger partial charge in [0.15, 0.2) is 11.6 Å². The van der Waals surface area contributed by atoms with Crippen LogP contribution in [0.15, 0.2) is 42.7 Å². The molecule has 0 bridgehead atoms. The van der Waals surface area contributed by atoms with E-state index >= 15 is 0 Å². The number of aryl methyl sites for hydroxylation is 1. The summed E-state index contributed by atoms with van der Waals surface area (Å²) >= 11 is 1.49. The zero-order chi connectivity index (χ0) is 22.1. The Hall–Kier alpha value is -3.13. The van der Waals surface area contributed by atoms with Crippen molar-refractivity contribution in [2.45, 2.75) is 45.6 Å². The molecule has 4 aromatic rings. The van der Waals surface area contributed by atoms with Crippen molar-refractivity contribution in [1.82, 2.24) is 20.0 Å². The molecule has 3 aromatic heterocycles. The van der Waals surface area contributed by atoms with Crippen LogP contribution in [0.2, 0.25) is 0 Å². The summed E-state index contributed by atoms with van der Waals surface area (Å²) < 4.78 is 23.3. The summed E-state index contributed by atoms with van der Waals surface area (Å²) in [5.41, 5.74) is 2.21. The maximum absolute atomic E-state index is 14.7. The minimum Gasteiger partial charge on any atom is -0.453 e. The van der Waals surface area contributed by atoms with E-state index in [1.807, 2.05) is 16.9 Å². The van der Waals surface area contributed by atoms with Gasteiger partial charge in [-0.3, -0.25) is 14.5 Å². The minimum atomic E-state index is -0.481. The van der Waals surface area contributed by atoms with Crippen molar-refractivity contribution in [3.63, 3.8) is 0 Å². The molecule has 0 spiro atoms. The second kappa shape index (κ2) is 8.78. The summed E-state index contributed by atoms with van der Waals surface area (Å²) in [6, 6.07) is 8.41. The summed E-state index contributed by atoms with van der Waals surface area (Å²) in [5, 5.41) is 8.40. The fourth-order valence-corrected chi connectivity index (χ4v) is 4.69. The van der Waals surface area contributed by atoms with Gasteiger partial charge in [-0.25, -0.2) is 4.39 Å². The summed E-state index contributed by atoms with van der Waals surface area (Å²) in [4.78, 5) is 17.4.